The number of thioether (sulfide) groups is 1. The molecule has 1 saturated heterocycles. The van der Waals surface area contributed by atoms with Crippen molar-refractivity contribution in [1.82, 2.24) is 14.5 Å². The molecule has 33 heavy (non-hydrogen) atoms. The Bertz CT molecular complexity index is 1060. The summed E-state index contributed by atoms with van der Waals surface area (Å²) < 4.78 is 20.5. The lowest BCUT2D eigenvalue weighted by atomic mass is 9.97. The van der Waals surface area contributed by atoms with Gasteiger partial charge in [0.1, 0.15) is 10.8 Å². The molecule has 0 bridgehead atoms. The first-order valence-corrected chi connectivity index (χ1v) is 12.7. The number of morpholine rings is 1. The van der Waals surface area contributed by atoms with Crippen LogP contribution in [0.1, 0.15) is 30.5 Å². The minimum absolute atomic E-state index is 0.0478. The van der Waals surface area contributed by atoms with Crippen LogP contribution in [0.4, 0.5) is 10.1 Å². The molecule has 1 aliphatic heterocycles. The van der Waals surface area contributed by atoms with E-state index < -0.39 is 5.82 Å². The van der Waals surface area contributed by atoms with Gasteiger partial charge in [-0.1, -0.05) is 23.4 Å². The zero-order chi connectivity index (χ0) is 23.2. The number of rotatable bonds is 8. The standard InChI is InChI=1S/C23H28ClFN4O3S/c24-18-14-16(6-7-19(18)25)26-21(30)15-33-22-17-4-1-2-5-20(17)29(23(31)27-22)9-3-8-28-10-12-32-13-11-28/h6-7,14H,1-5,8-13,15H2,(H,26,30). The third kappa shape index (κ3) is 6.35. The van der Waals surface area contributed by atoms with E-state index in [-0.39, 0.29) is 22.4 Å². The van der Waals surface area contributed by atoms with Crippen molar-refractivity contribution >= 4 is 35.0 Å². The highest BCUT2D eigenvalue weighted by atomic mass is 35.5. The molecule has 1 N–H and O–H groups in total. The Morgan fingerprint density at radius 3 is 2.79 bits per heavy atom. The summed E-state index contributed by atoms with van der Waals surface area (Å²) in [5, 5.41) is 3.31. The number of hydrogen-bond donors (Lipinski definition) is 1. The Balaban J connectivity index is 1.40. The Hall–Kier alpha value is -1.94. The molecule has 0 atom stereocenters. The number of halogens is 2. The summed E-state index contributed by atoms with van der Waals surface area (Å²) >= 11 is 7.05. The largest absolute Gasteiger partial charge is 0.379 e. The van der Waals surface area contributed by atoms with E-state index in [2.05, 4.69) is 15.2 Å². The Morgan fingerprint density at radius 1 is 1.21 bits per heavy atom. The van der Waals surface area contributed by atoms with Gasteiger partial charge in [-0.2, -0.15) is 4.98 Å². The van der Waals surface area contributed by atoms with Crippen LogP contribution in [0.15, 0.2) is 28.0 Å². The van der Waals surface area contributed by atoms with E-state index in [4.69, 9.17) is 16.3 Å². The minimum Gasteiger partial charge on any atom is -0.379 e. The zero-order valence-electron chi connectivity index (χ0n) is 18.4. The van der Waals surface area contributed by atoms with E-state index in [1.54, 1.807) is 0 Å². The van der Waals surface area contributed by atoms with E-state index in [1.165, 1.54) is 30.0 Å². The molecular weight excluding hydrogens is 467 g/mol. The lowest BCUT2D eigenvalue weighted by molar-refractivity contribution is -0.113. The van der Waals surface area contributed by atoms with Crippen LogP contribution in [0.2, 0.25) is 5.02 Å². The van der Waals surface area contributed by atoms with Gasteiger partial charge in [-0.15, -0.1) is 0 Å². The quantitative estimate of drug-likeness (QED) is 0.448. The first-order valence-electron chi connectivity index (χ1n) is 11.3. The van der Waals surface area contributed by atoms with Gasteiger partial charge in [-0.25, -0.2) is 9.18 Å². The first kappa shape index (κ1) is 24.2. The van der Waals surface area contributed by atoms with Gasteiger partial charge < -0.3 is 10.1 Å². The molecule has 4 rings (SSSR count). The number of nitrogens with one attached hydrogen (secondary N) is 1. The third-order valence-corrected chi connectivity index (χ3v) is 7.26. The number of aromatic nitrogens is 2. The van der Waals surface area contributed by atoms with E-state index in [9.17, 15) is 14.0 Å². The topological polar surface area (TPSA) is 76.5 Å². The molecule has 1 aliphatic carbocycles. The molecule has 0 spiro atoms. The van der Waals surface area contributed by atoms with Crippen molar-refractivity contribution in [1.29, 1.82) is 0 Å². The minimum atomic E-state index is -0.537. The molecule has 10 heteroatoms. The summed E-state index contributed by atoms with van der Waals surface area (Å²) in [6.07, 6.45) is 4.72. The van der Waals surface area contributed by atoms with Crippen molar-refractivity contribution in [3.63, 3.8) is 0 Å². The van der Waals surface area contributed by atoms with Crippen LogP contribution in [0, 0.1) is 5.82 Å². The number of nitrogens with zero attached hydrogens (tertiary/aromatic N) is 3. The zero-order valence-corrected chi connectivity index (χ0v) is 20.0. The second kappa shape index (κ2) is 11.5. The second-order valence-corrected chi connectivity index (χ2v) is 9.63. The first-order chi connectivity index (χ1) is 16.0. The molecule has 0 radical (unpaired) electrons. The fraction of sp³-hybridized carbons (Fsp3) is 0.522. The van der Waals surface area contributed by atoms with Crippen molar-refractivity contribution in [2.24, 2.45) is 0 Å². The van der Waals surface area contributed by atoms with Crippen LogP contribution in [-0.2, 0) is 28.9 Å². The summed E-state index contributed by atoms with van der Waals surface area (Å²) in [5.41, 5.74) is 2.34. The smallest absolute Gasteiger partial charge is 0.348 e. The van der Waals surface area contributed by atoms with Crippen molar-refractivity contribution in [2.75, 3.05) is 43.9 Å². The molecule has 178 valence electrons. The molecular formula is C23H28ClFN4O3S. The molecule has 2 aromatic rings. The maximum Gasteiger partial charge on any atom is 0.348 e. The molecule has 0 unspecified atom stereocenters. The molecule has 1 amide bonds. The van der Waals surface area contributed by atoms with Crippen molar-refractivity contribution in [2.45, 2.75) is 43.7 Å². The van der Waals surface area contributed by atoms with Crippen LogP contribution in [-0.4, -0.2) is 59.0 Å². The number of benzene rings is 1. The highest BCUT2D eigenvalue weighted by molar-refractivity contribution is 8.00. The summed E-state index contributed by atoms with van der Waals surface area (Å²) in [7, 11) is 0. The Labute approximate surface area is 201 Å². The monoisotopic (exact) mass is 494 g/mol. The number of fused-ring (bicyclic) bond motifs is 1. The molecule has 1 fully saturated rings. The van der Waals surface area contributed by atoms with Gasteiger partial charge in [-0.3, -0.25) is 14.3 Å². The maximum atomic E-state index is 13.3. The number of carbonyl (C=O) groups is 1. The fourth-order valence-corrected chi connectivity index (χ4v) is 5.34. The summed E-state index contributed by atoms with van der Waals surface area (Å²) in [6.45, 7) is 5.01. The fourth-order valence-electron chi connectivity index (χ4n) is 4.28. The van der Waals surface area contributed by atoms with Gasteiger partial charge in [-0.05, 0) is 50.3 Å². The Morgan fingerprint density at radius 2 is 2.00 bits per heavy atom. The molecule has 2 heterocycles. The van der Waals surface area contributed by atoms with Crippen molar-refractivity contribution in [3.8, 4) is 0 Å². The number of hydrogen-bond acceptors (Lipinski definition) is 6. The lowest BCUT2D eigenvalue weighted by Crippen LogP contribution is -2.38. The summed E-state index contributed by atoms with van der Waals surface area (Å²) in [5.74, 6) is -0.691. The van der Waals surface area contributed by atoms with E-state index in [0.29, 0.717) is 17.3 Å². The number of amides is 1. The Kier molecular flexibility index (Phi) is 8.40. The van der Waals surface area contributed by atoms with Crippen LogP contribution in [0.3, 0.4) is 0 Å². The normalized spacial score (nSPS) is 16.4. The van der Waals surface area contributed by atoms with Crippen LogP contribution in [0.25, 0.3) is 0 Å². The van der Waals surface area contributed by atoms with Gasteiger partial charge in [0.2, 0.25) is 5.91 Å². The predicted molar refractivity (Wildman–Crippen MR) is 128 cm³/mol. The van der Waals surface area contributed by atoms with Gasteiger partial charge in [0.15, 0.2) is 0 Å². The van der Waals surface area contributed by atoms with Crippen LogP contribution in [0.5, 0.6) is 0 Å². The SMILES string of the molecule is O=C(CSc1nc(=O)n(CCCN2CCOCC2)c2c1CCCC2)Nc1ccc(F)c(Cl)c1. The molecule has 0 saturated carbocycles. The molecule has 1 aromatic heterocycles. The lowest BCUT2D eigenvalue weighted by Gasteiger charge is -2.27. The summed E-state index contributed by atoms with van der Waals surface area (Å²) in [4.78, 5) is 32.0. The van der Waals surface area contributed by atoms with Gasteiger partial charge in [0.05, 0.1) is 24.0 Å². The predicted octanol–water partition coefficient (Wildman–Crippen LogP) is 3.37. The van der Waals surface area contributed by atoms with Gasteiger partial charge >= 0.3 is 5.69 Å². The van der Waals surface area contributed by atoms with Crippen molar-refractivity contribution in [3.05, 3.63) is 50.8 Å². The van der Waals surface area contributed by atoms with Crippen LogP contribution >= 0.6 is 23.4 Å². The number of ether oxygens (including phenoxy) is 1. The van der Waals surface area contributed by atoms with E-state index in [1.807, 2.05) is 4.57 Å². The van der Waals surface area contributed by atoms with Gasteiger partial charge in [0, 0.05) is 43.1 Å². The van der Waals surface area contributed by atoms with E-state index >= 15 is 0 Å². The average Bonchev–Trinajstić information content (AvgIpc) is 2.82. The summed E-state index contributed by atoms with van der Waals surface area (Å²) in [6, 6.07) is 4.04. The maximum absolute atomic E-state index is 13.3. The van der Waals surface area contributed by atoms with Crippen molar-refractivity contribution < 1.29 is 13.9 Å². The third-order valence-electron chi connectivity index (χ3n) is 5.95. The number of anilines is 1. The van der Waals surface area contributed by atoms with Crippen LogP contribution < -0.4 is 11.0 Å². The highest BCUT2D eigenvalue weighted by Gasteiger charge is 2.21. The number of carbonyl (C=O) groups excluding carboxylic acids is 1. The molecule has 1 aromatic carbocycles. The molecule has 7 nitrogen and oxygen atoms in total. The highest BCUT2D eigenvalue weighted by Crippen LogP contribution is 2.29. The average molecular weight is 495 g/mol. The van der Waals surface area contributed by atoms with E-state index in [0.717, 1.165) is 76.2 Å². The van der Waals surface area contributed by atoms with Gasteiger partial charge in [0.25, 0.3) is 0 Å². The molecule has 2 aliphatic rings. The second-order valence-electron chi connectivity index (χ2n) is 8.26.